The lowest BCUT2D eigenvalue weighted by Gasteiger charge is -2.16. The molecule has 0 saturated carbocycles. The first-order valence-electron chi connectivity index (χ1n) is 10.8. The van der Waals surface area contributed by atoms with Gasteiger partial charge in [0.05, 0.1) is 6.61 Å². The van der Waals surface area contributed by atoms with Crippen LogP contribution in [0.25, 0.3) is 11.1 Å². The SMILES string of the molecule is Cc1cc(OCC(C)C)cc(C)c1-c1cccc(COc2ccc(OCC(=O)O)c(F)c2)c1. The molecule has 0 bridgehead atoms. The molecule has 3 aromatic rings. The molecular formula is C27H29FO5. The van der Waals surface area contributed by atoms with Gasteiger partial charge in [0.1, 0.15) is 18.1 Å². The molecule has 0 atom stereocenters. The van der Waals surface area contributed by atoms with E-state index >= 15 is 0 Å². The van der Waals surface area contributed by atoms with Gasteiger partial charge in [0.2, 0.25) is 0 Å². The number of carboxylic acids is 1. The Balaban J connectivity index is 1.72. The Bertz CT molecular complexity index is 1100. The average Bonchev–Trinajstić information content (AvgIpc) is 2.75. The normalized spacial score (nSPS) is 10.8. The van der Waals surface area contributed by atoms with Gasteiger partial charge in [-0.2, -0.15) is 0 Å². The lowest BCUT2D eigenvalue weighted by atomic mass is 9.94. The molecule has 0 heterocycles. The summed E-state index contributed by atoms with van der Waals surface area (Å²) >= 11 is 0. The second kappa shape index (κ2) is 10.9. The van der Waals surface area contributed by atoms with Crippen LogP contribution < -0.4 is 14.2 Å². The predicted molar refractivity (Wildman–Crippen MR) is 126 cm³/mol. The van der Waals surface area contributed by atoms with Gasteiger partial charge in [-0.25, -0.2) is 9.18 Å². The summed E-state index contributed by atoms with van der Waals surface area (Å²) in [6.07, 6.45) is 0. The Morgan fingerprint density at radius 3 is 2.30 bits per heavy atom. The summed E-state index contributed by atoms with van der Waals surface area (Å²) in [6, 6.07) is 16.3. The molecule has 1 N–H and O–H groups in total. The summed E-state index contributed by atoms with van der Waals surface area (Å²) in [5.41, 5.74) is 5.43. The molecule has 6 heteroatoms. The summed E-state index contributed by atoms with van der Waals surface area (Å²) in [7, 11) is 0. The van der Waals surface area contributed by atoms with Crippen LogP contribution in [0.2, 0.25) is 0 Å². The van der Waals surface area contributed by atoms with E-state index in [1.165, 1.54) is 12.1 Å². The number of aliphatic carboxylic acids is 1. The Labute approximate surface area is 193 Å². The monoisotopic (exact) mass is 452 g/mol. The zero-order valence-corrected chi connectivity index (χ0v) is 19.4. The highest BCUT2D eigenvalue weighted by Crippen LogP contribution is 2.32. The minimum atomic E-state index is -1.17. The topological polar surface area (TPSA) is 65.0 Å². The summed E-state index contributed by atoms with van der Waals surface area (Å²) in [6.45, 7) is 8.73. The number of hydrogen-bond acceptors (Lipinski definition) is 4. The molecule has 0 radical (unpaired) electrons. The molecule has 0 aliphatic carbocycles. The quantitative estimate of drug-likeness (QED) is 0.398. The van der Waals surface area contributed by atoms with Crippen LogP contribution in [0.4, 0.5) is 4.39 Å². The molecule has 0 amide bonds. The van der Waals surface area contributed by atoms with Crippen molar-refractivity contribution in [2.45, 2.75) is 34.3 Å². The van der Waals surface area contributed by atoms with E-state index in [4.69, 9.17) is 19.3 Å². The van der Waals surface area contributed by atoms with Crippen LogP contribution in [0.5, 0.6) is 17.2 Å². The molecule has 3 rings (SSSR count). The van der Waals surface area contributed by atoms with Gasteiger partial charge in [-0.1, -0.05) is 32.0 Å². The number of rotatable bonds is 10. The molecule has 0 aliphatic rings. The summed E-state index contributed by atoms with van der Waals surface area (Å²) in [5.74, 6) is -0.298. The van der Waals surface area contributed by atoms with E-state index in [9.17, 15) is 9.18 Å². The van der Waals surface area contributed by atoms with Crippen molar-refractivity contribution in [1.82, 2.24) is 0 Å². The van der Waals surface area contributed by atoms with Crippen molar-refractivity contribution < 1.29 is 28.5 Å². The number of hydrogen-bond donors (Lipinski definition) is 1. The number of carbonyl (C=O) groups is 1. The van der Waals surface area contributed by atoms with E-state index in [1.54, 1.807) is 6.07 Å². The van der Waals surface area contributed by atoms with Crippen molar-refractivity contribution in [1.29, 1.82) is 0 Å². The van der Waals surface area contributed by atoms with Gasteiger partial charge in [0, 0.05) is 6.07 Å². The van der Waals surface area contributed by atoms with Gasteiger partial charge in [-0.3, -0.25) is 0 Å². The molecule has 0 spiro atoms. The molecule has 3 aromatic carbocycles. The number of aryl methyl sites for hydroxylation is 2. The van der Waals surface area contributed by atoms with E-state index < -0.39 is 18.4 Å². The van der Waals surface area contributed by atoms with Crippen LogP contribution in [0.3, 0.4) is 0 Å². The predicted octanol–water partition coefficient (Wildman–Crippen LogP) is 6.19. The van der Waals surface area contributed by atoms with Crippen LogP contribution in [-0.2, 0) is 11.4 Å². The third-order valence-corrected chi connectivity index (χ3v) is 4.97. The number of carboxylic acid groups (broad SMARTS) is 1. The second-order valence-electron chi connectivity index (χ2n) is 8.40. The maximum atomic E-state index is 14.1. The van der Waals surface area contributed by atoms with Crippen LogP contribution >= 0.6 is 0 Å². The van der Waals surface area contributed by atoms with Gasteiger partial charge in [0.25, 0.3) is 0 Å². The molecular weight excluding hydrogens is 423 g/mol. The fourth-order valence-corrected chi connectivity index (χ4v) is 3.54. The van der Waals surface area contributed by atoms with E-state index in [2.05, 4.69) is 52.0 Å². The first kappa shape index (κ1) is 24.1. The van der Waals surface area contributed by atoms with E-state index in [0.717, 1.165) is 33.6 Å². The Morgan fingerprint density at radius 1 is 0.939 bits per heavy atom. The van der Waals surface area contributed by atoms with E-state index in [-0.39, 0.29) is 12.4 Å². The first-order chi connectivity index (χ1) is 15.7. The third kappa shape index (κ3) is 6.72. The maximum Gasteiger partial charge on any atom is 0.341 e. The van der Waals surface area contributed by atoms with Gasteiger partial charge < -0.3 is 19.3 Å². The van der Waals surface area contributed by atoms with Crippen molar-refractivity contribution in [3.05, 3.63) is 77.1 Å². The molecule has 0 aliphatic heterocycles. The fraction of sp³-hybridized carbons (Fsp3) is 0.296. The summed E-state index contributed by atoms with van der Waals surface area (Å²) in [5, 5.41) is 8.65. The van der Waals surface area contributed by atoms with Crippen molar-refractivity contribution in [2.75, 3.05) is 13.2 Å². The van der Waals surface area contributed by atoms with Crippen molar-refractivity contribution in [3.8, 4) is 28.4 Å². The molecule has 0 aromatic heterocycles. The van der Waals surface area contributed by atoms with Crippen LogP contribution in [0.15, 0.2) is 54.6 Å². The Hall–Kier alpha value is -3.54. The van der Waals surface area contributed by atoms with E-state index in [1.807, 2.05) is 12.1 Å². The second-order valence-corrected chi connectivity index (χ2v) is 8.40. The fourth-order valence-electron chi connectivity index (χ4n) is 3.54. The lowest BCUT2D eigenvalue weighted by molar-refractivity contribution is -0.139. The van der Waals surface area contributed by atoms with E-state index in [0.29, 0.717) is 18.3 Å². The van der Waals surface area contributed by atoms with Crippen LogP contribution in [-0.4, -0.2) is 24.3 Å². The maximum absolute atomic E-state index is 14.1. The highest BCUT2D eigenvalue weighted by molar-refractivity contribution is 5.72. The molecule has 33 heavy (non-hydrogen) atoms. The summed E-state index contributed by atoms with van der Waals surface area (Å²) < 4.78 is 30.7. The van der Waals surface area contributed by atoms with Crippen LogP contribution in [0.1, 0.15) is 30.5 Å². The van der Waals surface area contributed by atoms with Gasteiger partial charge in [-0.15, -0.1) is 0 Å². The Morgan fingerprint density at radius 2 is 1.67 bits per heavy atom. The average molecular weight is 453 g/mol. The zero-order valence-electron chi connectivity index (χ0n) is 19.4. The summed E-state index contributed by atoms with van der Waals surface area (Å²) in [4.78, 5) is 10.6. The number of benzene rings is 3. The standard InChI is InChI=1S/C27H29FO5/c1-17(2)14-31-23-10-18(3)27(19(4)11-23)21-7-5-6-20(12-21)15-32-22-8-9-25(24(28)13-22)33-16-26(29)30/h5-13,17H,14-16H2,1-4H3,(H,29,30). The third-order valence-electron chi connectivity index (χ3n) is 4.97. The molecule has 0 fully saturated rings. The van der Waals surface area contributed by atoms with Crippen molar-refractivity contribution >= 4 is 5.97 Å². The Kier molecular flexibility index (Phi) is 7.93. The van der Waals surface area contributed by atoms with Crippen molar-refractivity contribution in [2.24, 2.45) is 5.92 Å². The largest absolute Gasteiger partial charge is 0.493 e. The first-order valence-corrected chi connectivity index (χ1v) is 10.8. The van der Waals surface area contributed by atoms with Gasteiger partial charge >= 0.3 is 5.97 Å². The van der Waals surface area contributed by atoms with Crippen molar-refractivity contribution in [3.63, 3.8) is 0 Å². The highest BCUT2D eigenvalue weighted by Gasteiger charge is 2.11. The van der Waals surface area contributed by atoms with Gasteiger partial charge in [0.15, 0.2) is 18.2 Å². The zero-order chi connectivity index (χ0) is 24.0. The smallest absolute Gasteiger partial charge is 0.341 e. The lowest BCUT2D eigenvalue weighted by Crippen LogP contribution is -2.10. The molecule has 0 unspecified atom stereocenters. The molecule has 5 nitrogen and oxygen atoms in total. The minimum Gasteiger partial charge on any atom is -0.493 e. The number of halogens is 1. The van der Waals surface area contributed by atoms with Crippen LogP contribution in [0, 0.1) is 25.6 Å². The molecule has 174 valence electrons. The molecule has 0 saturated heterocycles. The number of ether oxygens (including phenoxy) is 3. The minimum absolute atomic E-state index is 0.126. The highest BCUT2D eigenvalue weighted by atomic mass is 19.1. The van der Waals surface area contributed by atoms with Gasteiger partial charge in [-0.05, 0) is 77.9 Å².